The van der Waals surface area contributed by atoms with Crippen molar-refractivity contribution in [3.05, 3.63) is 101 Å². The van der Waals surface area contributed by atoms with Crippen LogP contribution in [-0.2, 0) is 17.6 Å². The van der Waals surface area contributed by atoms with Gasteiger partial charge in [0.25, 0.3) is 0 Å². The molecular weight excluding hydrogens is 389 g/mol. The zero-order valence-corrected chi connectivity index (χ0v) is 17.2. The molecule has 0 radical (unpaired) electrons. The minimum Gasteiger partial charge on any atom is -0.361 e. The van der Waals surface area contributed by atoms with Gasteiger partial charge in [-0.25, -0.2) is 4.39 Å². The lowest BCUT2D eigenvalue weighted by atomic mass is 10.1. The lowest BCUT2D eigenvalue weighted by Gasteiger charge is -2.25. The van der Waals surface area contributed by atoms with Crippen LogP contribution in [0, 0.1) is 5.82 Å². The van der Waals surface area contributed by atoms with Crippen molar-refractivity contribution in [2.45, 2.75) is 31.7 Å². The van der Waals surface area contributed by atoms with Crippen molar-refractivity contribution < 1.29 is 9.18 Å². The fourth-order valence-electron chi connectivity index (χ4n) is 4.55. The summed E-state index contributed by atoms with van der Waals surface area (Å²) in [7, 11) is 0. The van der Waals surface area contributed by atoms with E-state index >= 15 is 0 Å². The molecule has 2 aromatic heterocycles. The van der Waals surface area contributed by atoms with Gasteiger partial charge in [-0.15, -0.1) is 0 Å². The molecular formula is C26H24FN3O. The standard InChI is InChI=1S/C26H24FN3O/c27-20-7-3-6-18(14-20)15-21-8-4-11-24(29-21)25-12-5-13-30(25)26(31)16-19-17-28-23-10-2-1-9-22(19)23/h1-4,6-11,14,17,25,28H,5,12-13,15-16H2. The van der Waals surface area contributed by atoms with Crippen molar-refractivity contribution in [1.82, 2.24) is 14.9 Å². The van der Waals surface area contributed by atoms with Crippen LogP contribution in [0.1, 0.15) is 41.4 Å². The predicted octanol–water partition coefficient (Wildman–Crippen LogP) is 5.20. The van der Waals surface area contributed by atoms with E-state index in [1.165, 1.54) is 6.07 Å². The molecule has 1 saturated heterocycles. The molecule has 4 nitrogen and oxygen atoms in total. The zero-order chi connectivity index (χ0) is 21.2. The third-order valence-electron chi connectivity index (χ3n) is 6.03. The molecule has 3 heterocycles. The molecule has 156 valence electrons. The number of benzene rings is 2. The Bertz CT molecular complexity index is 1230. The number of hydrogen-bond acceptors (Lipinski definition) is 2. The van der Waals surface area contributed by atoms with E-state index in [9.17, 15) is 9.18 Å². The summed E-state index contributed by atoms with van der Waals surface area (Å²) in [5, 5.41) is 1.10. The van der Waals surface area contributed by atoms with E-state index in [2.05, 4.69) is 4.98 Å². The number of carbonyl (C=O) groups excluding carboxylic acids is 1. The van der Waals surface area contributed by atoms with Crippen LogP contribution in [-0.4, -0.2) is 27.3 Å². The molecule has 1 unspecified atom stereocenters. The normalized spacial score (nSPS) is 16.2. The van der Waals surface area contributed by atoms with Gasteiger partial charge in [0.2, 0.25) is 5.91 Å². The second-order valence-electron chi connectivity index (χ2n) is 8.14. The second-order valence-corrected chi connectivity index (χ2v) is 8.14. The maximum Gasteiger partial charge on any atom is 0.227 e. The van der Waals surface area contributed by atoms with Crippen LogP contribution in [0.3, 0.4) is 0 Å². The number of fused-ring (bicyclic) bond motifs is 1. The highest BCUT2D eigenvalue weighted by atomic mass is 19.1. The molecule has 31 heavy (non-hydrogen) atoms. The first kappa shape index (κ1) is 19.5. The van der Waals surface area contributed by atoms with Crippen molar-refractivity contribution in [2.24, 2.45) is 0 Å². The summed E-state index contributed by atoms with van der Waals surface area (Å²) in [5.41, 5.74) is 4.77. The topological polar surface area (TPSA) is 49.0 Å². The highest BCUT2D eigenvalue weighted by Gasteiger charge is 2.31. The van der Waals surface area contributed by atoms with Crippen LogP contribution in [0.2, 0.25) is 0 Å². The Kier molecular flexibility index (Phi) is 5.24. The maximum atomic E-state index is 13.5. The largest absolute Gasteiger partial charge is 0.361 e. The van der Waals surface area contributed by atoms with Crippen molar-refractivity contribution in [2.75, 3.05) is 6.54 Å². The summed E-state index contributed by atoms with van der Waals surface area (Å²) in [6.45, 7) is 0.752. The highest BCUT2D eigenvalue weighted by molar-refractivity contribution is 5.89. The smallest absolute Gasteiger partial charge is 0.227 e. The van der Waals surface area contributed by atoms with Crippen molar-refractivity contribution >= 4 is 16.8 Å². The van der Waals surface area contributed by atoms with E-state index in [0.717, 1.165) is 52.8 Å². The van der Waals surface area contributed by atoms with Gasteiger partial charge in [0.15, 0.2) is 0 Å². The Morgan fingerprint density at radius 3 is 2.87 bits per heavy atom. The van der Waals surface area contributed by atoms with E-state index in [-0.39, 0.29) is 17.8 Å². The summed E-state index contributed by atoms with van der Waals surface area (Å²) in [6, 6.07) is 20.6. The van der Waals surface area contributed by atoms with Gasteiger partial charge < -0.3 is 9.88 Å². The van der Waals surface area contributed by atoms with Crippen LogP contribution in [0.25, 0.3) is 10.9 Å². The molecule has 0 spiro atoms. The molecule has 1 aliphatic heterocycles. The molecule has 4 aromatic rings. The number of hydrogen-bond donors (Lipinski definition) is 1. The second kappa shape index (κ2) is 8.34. The van der Waals surface area contributed by atoms with Gasteiger partial charge in [0, 0.05) is 35.8 Å². The molecule has 0 aliphatic carbocycles. The van der Waals surface area contributed by atoms with Crippen molar-refractivity contribution in [3.63, 3.8) is 0 Å². The number of carbonyl (C=O) groups is 1. The number of para-hydroxylation sites is 1. The SMILES string of the molecule is O=C(Cc1c[nH]c2ccccc12)N1CCCC1c1cccc(Cc2cccc(F)c2)n1. The molecule has 1 N–H and O–H groups in total. The first-order valence-corrected chi connectivity index (χ1v) is 10.7. The molecule has 2 aromatic carbocycles. The number of nitrogens with one attached hydrogen (secondary N) is 1. The Morgan fingerprint density at radius 1 is 1.10 bits per heavy atom. The molecule has 1 amide bonds. The van der Waals surface area contributed by atoms with E-state index < -0.39 is 0 Å². The molecule has 1 aliphatic rings. The number of likely N-dealkylation sites (tertiary alicyclic amines) is 1. The number of amides is 1. The Balaban J connectivity index is 1.34. The van der Waals surface area contributed by atoms with Gasteiger partial charge in [-0.1, -0.05) is 36.4 Å². The van der Waals surface area contributed by atoms with Gasteiger partial charge in [-0.2, -0.15) is 0 Å². The molecule has 0 saturated carbocycles. The lowest BCUT2D eigenvalue weighted by molar-refractivity contribution is -0.131. The number of pyridine rings is 1. The van der Waals surface area contributed by atoms with Crippen LogP contribution < -0.4 is 0 Å². The molecule has 5 rings (SSSR count). The number of aromatic nitrogens is 2. The number of H-pyrrole nitrogens is 1. The lowest BCUT2D eigenvalue weighted by Crippen LogP contribution is -2.32. The summed E-state index contributed by atoms with van der Waals surface area (Å²) >= 11 is 0. The van der Waals surface area contributed by atoms with Crippen LogP contribution in [0.5, 0.6) is 0 Å². The molecule has 0 bridgehead atoms. The first-order valence-electron chi connectivity index (χ1n) is 10.7. The highest BCUT2D eigenvalue weighted by Crippen LogP contribution is 2.32. The monoisotopic (exact) mass is 413 g/mol. The van der Waals surface area contributed by atoms with E-state index in [1.54, 1.807) is 12.1 Å². The average Bonchev–Trinajstić information content (AvgIpc) is 3.42. The molecule has 5 heteroatoms. The quantitative estimate of drug-likeness (QED) is 0.489. The van der Waals surface area contributed by atoms with Crippen molar-refractivity contribution in [1.29, 1.82) is 0 Å². The van der Waals surface area contributed by atoms with Gasteiger partial charge in [-0.3, -0.25) is 9.78 Å². The summed E-state index contributed by atoms with van der Waals surface area (Å²) in [4.78, 5) is 23.3. The van der Waals surface area contributed by atoms with Crippen LogP contribution in [0.4, 0.5) is 4.39 Å². The first-order chi connectivity index (χ1) is 15.2. The van der Waals surface area contributed by atoms with Gasteiger partial charge >= 0.3 is 0 Å². The summed E-state index contributed by atoms with van der Waals surface area (Å²) in [5.74, 6) is -0.108. The number of halogens is 1. The minimum atomic E-state index is -0.237. The Hall–Kier alpha value is -3.47. The van der Waals surface area contributed by atoms with Crippen LogP contribution >= 0.6 is 0 Å². The van der Waals surface area contributed by atoms with Crippen LogP contribution in [0.15, 0.2) is 72.9 Å². The average molecular weight is 413 g/mol. The van der Waals surface area contributed by atoms with Gasteiger partial charge in [0.05, 0.1) is 18.2 Å². The zero-order valence-electron chi connectivity index (χ0n) is 17.2. The Morgan fingerprint density at radius 2 is 1.97 bits per heavy atom. The molecule has 1 fully saturated rings. The number of aromatic amines is 1. The molecule has 1 atom stereocenters. The fraction of sp³-hybridized carbons (Fsp3) is 0.231. The third-order valence-corrected chi connectivity index (χ3v) is 6.03. The predicted molar refractivity (Wildman–Crippen MR) is 119 cm³/mol. The van der Waals surface area contributed by atoms with Crippen molar-refractivity contribution in [3.8, 4) is 0 Å². The number of nitrogens with zero attached hydrogens (tertiary/aromatic N) is 2. The van der Waals surface area contributed by atoms with E-state index in [4.69, 9.17) is 4.98 Å². The van der Waals surface area contributed by atoms with Gasteiger partial charge in [-0.05, 0) is 54.3 Å². The summed E-state index contributed by atoms with van der Waals surface area (Å²) < 4.78 is 13.5. The minimum absolute atomic E-state index is 0.00911. The van der Waals surface area contributed by atoms with Gasteiger partial charge in [0.1, 0.15) is 5.82 Å². The van der Waals surface area contributed by atoms with E-state index in [1.807, 2.05) is 59.6 Å². The summed E-state index contributed by atoms with van der Waals surface area (Å²) in [6.07, 6.45) is 4.77. The Labute approximate surface area is 180 Å². The van der Waals surface area contributed by atoms with E-state index in [0.29, 0.717) is 12.8 Å². The fourth-order valence-corrected chi connectivity index (χ4v) is 4.55. The number of rotatable bonds is 5. The third kappa shape index (κ3) is 4.08. The maximum absolute atomic E-state index is 13.5.